The number of benzene rings is 3. The molecule has 6 aliphatic carbocycles. The maximum absolute atomic E-state index is 3.87. The fourth-order valence-electron chi connectivity index (χ4n) is 9.42. The molecule has 174 valence electrons. The second-order valence-corrected chi connectivity index (χ2v) is 11.9. The molecular weight excluding hydrogens is 422 g/mol. The molecule has 35 heavy (non-hydrogen) atoms. The van der Waals surface area contributed by atoms with E-state index in [1.165, 1.54) is 54.6 Å². The minimum absolute atomic E-state index is 0.339. The SMILES string of the molecule is C1=CC2c3ccccc3C3(C4CC5CC(C4)CC3C5)C2C=C1Nc1ccccc1-c1ccccc1. The number of para-hydroxylation sites is 1. The molecule has 0 amide bonds. The Kier molecular flexibility index (Phi) is 4.30. The zero-order valence-corrected chi connectivity index (χ0v) is 20.2. The highest BCUT2D eigenvalue weighted by molar-refractivity contribution is 5.79. The highest BCUT2D eigenvalue weighted by atomic mass is 14.9. The van der Waals surface area contributed by atoms with E-state index in [-0.39, 0.29) is 0 Å². The molecule has 3 aromatic rings. The van der Waals surface area contributed by atoms with E-state index < -0.39 is 0 Å². The second-order valence-electron chi connectivity index (χ2n) is 11.9. The molecule has 0 aliphatic heterocycles. The summed E-state index contributed by atoms with van der Waals surface area (Å²) in [5.74, 6) is 4.80. The number of fused-ring (bicyclic) bond motifs is 3. The molecule has 1 spiro atoms. The Morgan fingerprint density at radius 3 is 2.17 bits per heavy atom. The number of hydrogen-bond acceptors (Lipinski definition) is 1. The summed E-state index contributed by atoms with van der Waals surface area (Å²) in [7, 11) is 0. The number of rotatable bonds is 3. The summed E-state index contributed by atoms with van der Waals surface area (Å²) >= 11 is 0. The summed E-state index contributed by atoms with van der Waals surface area (Å²) < 4.78 is 0. The number of allylic oxidation sites excluding steroid dienone is 3. The minimum atomic E-state index is 0.339. The van der Waals surface area contributed by atoms with Crippen LogP contribution in [0.5, 0.6) is 0 Å². The first kappa shape index (κ1) is 20.2. The molecule has 9 rings (SSSR count). The molecule has 0 heterocycles. The molecule has 3 aromatic carbocycles. The van der Waals surface area contributed by atoms with E-state index >= 15 is 0 Å². The van der Waals surface area contributed by atoms with E-state index in [0.717, 1.165) is 23.7 Å². The predicted octanol–water partition coefficient (Wildman–Crippen LogP) is 8.33. The van der Waals surface area contributed by atoms with E-state index in [9.17, 15) is 0 Å². The van der Waals surface area contributed by atoms with Crippen LogP contribution in [0.15, 0.2) is 103 Å². The Bertz CT molecular complexity index is 1320. The molecule has 6 aliphatic rings. The van der Waals surface area contributed by atoms with Gasteiger partial charge in [-0.1, -0.05) is 84.9 Å². The van der Waals surface area contributed by atoms with Crippen molar-refractivity contribution in [3.05, 3.63) is 114 Å². The minimum Gasteiger partial charge on any atom is -0.355 e. The van der Waals surface area contributed by atoms with Gasteiger partial charge in [0.25, 0.3) is 0 Å². The molecule has 4 saturated carbocycles. The van der Waals surface area contributed by atoms with Gasteiger partial charge < -0.3 is 5.32 Å². The Morgan fingerprint density at radius 1 is 0.686 bits per heavy atom. The summed E-state index contributed by atoms with van der Waals surface area (Å²) in [4.78, 5) is 0. The summed E-state index contributed by atoms with van der Waals surface area (Å²) in [6.45, 7) is 0. The van der Waals surface area contributed by atoms with Gasteiger partial charge in [0, 0.05) is 28.3 Å². The molecule has 0 saturated heterocycles. The smallest absolute Gasteiger partial charge is 0.0463 e. The molecule has 0 radical (unpaired) electrons. The average Bonchev–Trinajstić information content (AvgIpc) is 3.18. The van der Waals surface area contributed by atoms with Crippen molar-refractivity contribution in [1.29, 1.82) is 0 Å². The summed E-state index contributed by atoms with van der Waals surface area (Å²) in [5, 5.41) is 3.87. The van der Waals surface area contributed by atoms with Crippen LogP contribution in [0.1, 0.15) is 49.1 Å². The highest BCUT2D eigenvalue weighted by Gasteiger charge is 2.64. The molecule has 1 nitrogen and oxygen atoms in total. The van der Waals surface area contributed by atoms with Crippen molar-refractivity contribution < 1.29 is 0 Å². The number of hydrogen-bond donors (Lipinski definition) is 1. The van der Waals surface area contributed by atoms with Crippen molar-refractivity contribution in [2.75, 3.05) is 5.32 Å². The standard InChI is InChI=1S/C34H33N/c1-2-8-24(9-3-1)28-10-5-7-13-33(28)35-27-14-15-30-29-11-4-6-12-31(29)34(32(30)21-27)25-17-22-16-23(19-25)20-26(34)18-22/h1-15,21-23,25-26,30,32,35H,16-20H2. The van der Waals surface area contributed by atoms with Crippen LogP contribution in [0.2, 0.25) is 0 Å². The summed E-state index contributed by atoms with van der Waals surface area (Å²) in [6, 6.07) is 29.0. The van der Waals surface area contributed by atoms with Crippen molar-refractivity contribution >= 4 is 5.69 Å². The maximum Gasteiger partial charge on any atom is 0.0463 e. The third kappa shape index (κ3) is 2.82. The lowest BCUT2D eigenvalue weighted by Gasteiger charge is -2.63. The zero-order valence-electron chi connectivity index (χ0n) is 20.2. The monoisotopic (exact) mass is 455 g/mol. The first-order chi connectivity index (χ1) is 17.3. The van der Waals surface area contributed by atoms with Gasteiger partial charge in [0.05, 0.1) is 0 Å². The average molecular weight is 456 g/mol. The lowest BCUT2D eigenvalue weighted by Crippen LogP contribution is -2.57. The van der Waals surface area contributed by atoms with Gasteiger partial charge in [-0.2, -0.15) is 0 Å². The largest absolute Gasteiger partial charge is 0.355 e. The molecule has 2 unspecified atom stereocenters. The van der Waals surface area contributed by atoms with Gasteiger partial charge in [0.15, 0.2) is 0 Å². The Labute approximate surface area is 209 Å². The van der Waals surface area contributed by atoms with Gasteiger partial charge >= 0.3 is 0 Å². The topological polar surface area (TPSA) is 12.0 Å². The van der Waals surface area contributed by atoms with Crippen LogP contribution in [0, 0.1) is 29.6 Å². The normalized spacial score (nSPS) is 35.6. The lowest BCUT2D eigenvalue weighted by atomic mass is 9.41. The van der Waals surface area contributed by atoms with E-state index in [2.05, 4.69) is 102 Å². The van der Waals surface area contributed by atoms with Gasteiger partial charge in [0.1, 0.15) is 0 Å². The third-order valence-electron chi connectivity index (χ3n) is 10.3. The summed E-state index contributed by atoms with van der Waals surface area (Å²) in [6.07, 6.45) is 14.9. The van der Waals surface area contributed by atoms with Crippen LogP contribution in [-0.2, 0) is 5.41 Å². The summed E-state index contributed by atoms with van der Waals surface area (Å²) in [5.41, 5.74) is 8.66. The molecule has 1 heteroatoms. The maximum atomic E-state index is 3.87. The van der Waals surface area contributed by atoms with Crippen molar-refractivity contribution in [1.82, 2.24) is 0 Å². The first-order valence-corrected chi connectivity index (χ1v) is 13.7. The molecule has 4 bridgehead atoms. The van der Waals surface area contributed by atoms with Gasteiger partial charge in [-0.25, -0.2) is 0 Å². The van der Waals surface area contributed by atoms with Gasteiger partial charge in [-0.15, -0.1) is 0 Å². The van der Waals surface area contributed by atoms with Gasteiger partial charge in [-0.3, -0.25) is 0 Å². The van der Waals surface area contributed by atoms with Crippen molar-refractivity contribution in [3.8, 4) is 11.1 Å². The quantitative estimate of drug-likeness (QED) is 0.418. The lowest BCUT2D eigenvalue weighted by molar-refractivity contribution is -0.0762. The molecular formula is C34H33N. The van der Waals surface area contributed by atoms with Crippen LogP contribution in [0.25, 0.3) is 11.1 Å². The number of nitrogens with one attached hydrogen (secondary N) is 1. The van der Waals surface area contributed by atoms with Crippen LogP contribution in [0.4, 0.5) is 5.69 Å². The Balaban J connectivity index is 1.22. The molecule has 1 N–H and O–H groups in total. The van der Waals surface area contributed by atoms with Crippen LogP contribution in [-0.4, -0.2) is 0 Å². The van der Waals surface area contributed by atoms with Crippen LogP contribution >= 0.6 is 0 Å². The van der Waals surface area contributed by atoms with Crippen molar-refractivity contribution in [2.45, 2.75) is 43.4 Å². The Morgan fingerprint density at radius 2 is 1.37 bits per heavy atom. The second kappa shape index (κ2) is 7.47. The van der Waals surface area contributed by atoms with Gasteiger partial charge in [0.2, 0.25) is 0 Å². The predicted molar refractivity (Wildman–Crippen MR) is 144 cm³/mol. The third-order valence-corrected chi connectivity index (χ3v) is 10.3. The zero-order chi connectivity index (χ0) is 23.0. The van der Waals surface area contributed by atoms with E-state index in [1.807, 2.05) is 0 Å². The van der Waals surface area contributed by atoms with Crippen LogP contribution < -0.4 is 5.32 Å². The van der Waals surface area contributed by atoms with Gasteiger partial charge in [-0.05, 0) is 90.5 Å². The van der Waals surface area contributed by atoms with E-state index in [4.69, 9.17) is 0 Å². The van der Waals surface area contributed by atoms with E-state index in [1.54, 1.807) is 11.1 Å². The van der Waals surface area contributed by atoms with Crippen LogP contribution in [0.3, 0.4) is 0 Å². The highest BCUT2D eigenvalue weighted by Crippen LogP contribution is 2.71. The molecule has 2 atom stereocenters. The molecule has 4 fully saturated rings. The first-order valence-electron chi connectivity index (χ1n) is 13.7. The van der Waals surface area contributed by atoms with Crippen molar-refractivity contribution in [3.63, 3.8) is 0 Å². The van der Waals surface area contributed by atoms with Crippen molar-refractivity contribution in [2.24, 2.45) is 29.6 Å². The fraction of sp³-hybridized carbons (Fsp3) is 0.353. The molecule has 0 aromatic heterocycles. The fourth-order valence-corrected chi connectivity index (χ4v) is 9.42. The van der Waals surface area contributed by atoms with E-state index in [0.29, 0.717) is 17.3 Å². The Hall–Kier alpha value is -3.06. The number of anilines is 1.